The lowest BCUT2D eigenvalue weighted by atomic mass is 10.2. The van der Waals surface area contributed by atoms with Crippen molar-refractivity contribution in [2.75, 3.05) is 18.6 Å². The van der Waals surface area contributed by atoms with Gasteiger partial charge in [-0.3, -0.25) is 9.78 Å². The topological polar surface area (TPSA) is 55.3 Å². The minimum atomic E-state index is -0.169. The number of hydrogen-bond acceptors (Lipinski definition) is 6. The second-order valence-electron chi connectivity index (χ2n) is 4.64. The van der Waals surface area contributed by atoms with E-state index in [0.717, 1.165) is 17.4 Å². The van der Waals surface area contributed by atoms with Crippen molar-refractivity contribution in [2.24, 2.45) is 0 Å². The minimum absolute atomic E-state index is 0.169. The summed E-state index contributed by atoms with van der Waals surface area (Å²) in [6.07, 6.45) is 4.58. The number of anilines is 1. The molecule has 0 amide bonds. The lowest BCUT2D eigenvalue weighted by molar-refractivity contribution is -0.143. The van der Waals surface area contributed by atoms with Crippen molar-refractivity contribution >= 4 is 22.4 Å². The molecule has 5 nitrogen and oxygen atoms in total. The van der Waals surface area contributed by atoms with Gasteiger partial charge in [0.1, 0.15) is 0 Å². The fourth-order valence-electron chi connectivity index (χ4n) is 1.88. The molecule has 0 saturated heterocycles. The van der Waals surface area contributed by atoms with Crippen LogP contribution in [0, 0.1) is 0 Å². The normalized spacial score (nSPS) is 10.4. The van der Waals surface area contributed by atoms with Crippen LogP contribution in [-0.2, 0) is 22.5 Å². The number of thiazole rings is 1. The predicted molar refractivity (Wildman–Crippen MR) is 83.4 cm³/mol. The molecule has 0 aliphatic rings. The summed E-state index contributed by atoms with van der Waals surface area (Å²) < 4.78 is 4.92. The number of rotatable bonds is 7. The number of ether oxygens (including phenoxy) is 1. The van der Waals surface area contributed by atoms with E-state index in [1.807, 2.05) is 31.5 Å². The number of esters is 1. The Labute approximate surface area is 128 Å². The second-order valence-corrected chi connectivity index (χ2v) is 5.47. The molecule has 0 bridgehead atoms. The van der Waals surface area contributed by atoms with Crippen LogP contribution in [0.25, 0.3) is 0 Å². The van der Waals surface area contributed by atoms with Gasteiger partial charge in [-0.05, 0) is 24.6 Å². The van der Waals surface area contributed by atoms with Gasteiger partial charge < -0.3 is 9.64 Å². The molecular formula is C15H19N3O2S. The van der Waals surface area contributed by atoms with Gasteiger partial charge in [-0.15, -0.1) is 11.3 Å². The van der Waals surface area contributed by atoms with Crippen molar-refractivity contribution in [3.8, 4) is 0 Å². The Morgan fingerprint density at radius 2 is 2.14 bits per heavy atom. The molecule has 0 aliphatic carbocycles. The van der Waals surface area contributed by atoms with Crippen LogP contribution in [0.2, 0.25) is 0 Å². The smallest absolute Gasteiger partial charge is 0.306 e. The Morgan fingerprint density at radius 1 is 1.38 bits per heavy atom. The van der Waals surface area contributed by atoms with E-state index in [-0.39, 0.29) is 5.97 Å². The number of aromatic nitrogens is 2. The first-order valence-electron chi connectivity index (χ1n) is 6.89. The van der Waals surface area contributed by atoms with Gasteiger partial charge in [-0.2, -0.15) is 0 Å². The highest BCUT2D eigenvalue weighted by molar-refractivity contribution is 7.13. The summed E-state index contributed by atoms with van der Waals surface area (Å²) in [4.78, 5) is 22.0. The number of carbonyl (C=O) groups is 1. The Hall–Kier alpha value is -1.95. The highest BCUT2D eigenvalue weighted by Gasteiger charge is 2.09. The molecule has 6 heteroatoms. The van der Waals surface area contributed by atoms with E-state index in [2.05, 4.69) is 14.9 Å². The van der Waals surface area contributed by atoms with Crippen molar-refractivity contribution < 1.29 is 9.53 Å². The zero-order valence-electron chi connectivity index (χ0n) is 12.3. The van der Waals surface area contributed by atoms with E-state index < -0.39 is 0 Å². The molecule has 0 N–H and O–H groups in total. The summed E-state index contributed by atoms with van der Waals surface area (Å²) in [5, 5.41) is 2.95. The summed E-state index contributed by atoms with van der Waals surface area (Å²) in [5.74, 6) is -0.169. The molecule has 21 heavy (non-hydrogen) atoms. The molecule has 0 saturated carbocycles. The number of pyridine rings is 1. The molecule has 2 aromatic rings. The fraction of sp³-hybridized carbons (Fsp3) is 0.400. The van der Waals surface area contributed by atoms with Crippen LogP contribution in [0.1, 0.15) is 24.6 Å². The van der Waals surface area contributed by atoms with Crippen LogP contribution in [0.15, 0.2) is 29.9 Å². The SMILES string of the molecule is CCOC(=O)CCc1csc(N(C)Cc2ccncc2)n1. The number of hydrogen-bond donors (Lipinski definition) is 0. The average Bonchev–Trinajstić information content (AvgIpc) is 2.95. The number of carbonyl (C=O) groups excluding carboxylic acids is 1. The van der Waals surface area contributed by atoms with E-state index >= 15 is 0 Å². The van der Waals surface area contributed by atoms with E-state index in [0.29, 0.717) is 19.4 Å². The molecule has 112 valence electrons. The molecule has 0 unspecified atom stereocenters. The van der Waals surface area contributed by atoms with Crippen LogP contribution in [0.4, 0.5) is 5.13 Å². The molecule has 2 aromatic heterocycles. The van der Waals surface area contributed by atoms with Crippen LogP contribution in [0.3, 0.4) is 0 Å². The van der Waals surface area contributed by atoms with Gasteiger partial charge in [0.25, 0.3) is 0 Å². The third-order valence-corrected chi connectivity index (χ3v) is 3.93. The zero-order chi connectivity index (χ0) is 15.1. The molecule has 0 aromatic carbocycles. The molecule has 0 radical (unpaired) electrons. The van der Waals surface area contributed by atoms with Crippen molar-refractivity contribution in [3.63, 3.8) is 0 Å². The molecule has 0 aliphatic heterocycles. The van der Waals surface area contributed by atoms with Gasteiger partial charge in [-0.25, -0.2) is 4.98 Å². The standard InChI is InChI=1S/C15H19N3O2S/c1-3-20-14(19)5-4-13-11-21-15(17-13)18(2)10-12-6-8-16-9-7-12/h6-9,11H,3-5,10H2,1-2H3. The maximum Gasteiger partial charge on any atom is 0.306 e. The van der Waals surface area contributed by atoms with E-state index in [4.69, 9.17) is 4.74 Å². The van der Waals surface area contributed by atoms with Gasteiger partial charge in [0.05, 0.1) is 18.7 Å². The monoisotopic (exact) mass is 305 g/mol. The van der Waals surface area contributed by atoms with Gasteiger partial charge >= 0.3 is 5.97 Å². The summed E-state index contributed by atoms with van der Waals surface area (Å²) in [6, 6.07) is 3.98. The lowest BCUT2D eigenvalue weighted by Crippen LogP contribution is -2.16. The molecule has 2 heterocycles. The van der Waals surface area contributed by atoms with Gasteiger partial charge in [-0.1, -0.05) is 0 Å². The van der Waals surface area contributed by atoms with Crippen molar-refractivity contribution in [1.82, 2.24) is 9.97 Å². The maximum absolute atomic E-state index is 11.3. The van der Waals surface area contributed by atoms with Crippen molar-refractivity contribution in [1.29, 1.82) is 0 Å². The Balaban J connectivity index is 1.88. The molecule has 2 rings (SSSR count). The number of nitrogens with zero attached hydrogens (tertiary/aromatic N) is 3. The quantitative estimate of drug-likeness (QED) is 0.736. The third kappa shape index (κ3) is 4.82. The molecule has 0 spiro atoms. The van der Waals surface area contributed by atoms with Crippen LogP contribution in [-0.4, -0.2) is 29.6 Å². The van der Waals surface area contributed by atoms with Crippen LogP contribution in [0.5, 0.6) is 0 Å². The van der Waals surface area contributed by atoms with Crippen LogP contribution < -0.4 is 4.90 Å². The second kappa shape index (κ2) is 7.73. The Morgan fingerprint density at radius 3 is 2.86 bits per heavy atom. The van der Waals surface area contributed by atoms with E-state index in [9.17, 15) is 4.79 Å². The lowest BCUT2D eigenvalue weighted by Gasteiger charge is -2.15. The summed E-state index contributed by atoms with van der Waals surface area (Å²) in [5.41, 5.74) is 2.13. The summed E-state index contributed by atoms with van der Waals surface area (Å²) >= 11 is 1.59. The third-order valence-electron chi connectivity index (χ3n) is 2.93. The van der Waals surface area contributed by atoms with Gasteiger partial charge in [0.2, 0.25) is 0 Å². The summed E-state index contributed by atoms with van der Waals surface area (Å²) in [6.45, 7) is 3.02. The van der Waals surface area contributed by atoms with Gasteiger partial charge in [0, 0.05) is 37.8 Å². The highest BCUT2D eigenvalue weighted by Crippen LogP contribution is 2.21. The maximum atomic E-state index is 11.3. The number of aryl methyl sites for hydroxylation is 1. The van der Waals surface area contributed by atoms with Crippen molar-refractivity contribution in [3.05, 3.63) is 41.2 Å². The first kappa shape index (κ1) is 15.4. The Bertz CT molecular complexity index is 571. The Kier molecular flexibility index (Phi) is 5.68. The molecule has 0 atom stereocenters. The first-order chi connectivity index (χ1) is 10.2. The molecule has 0 fully saturated rings. The summed E-state index contributed by atoms with van der Waals surface area (Å²) in [7, 11) is 2.01. The largest absolute Gasteiger partial charge is 0.466 e. The highest BCUT2D eigenvalue weighted by atomic mass is 32.1. The first-order valence-corrected chi connectivity index (χ1v) is 7.77. The van der Waals surface area contributed by atoms with Gasteiger partial charge in [0.15, 0.2) is 5.13 Å². The zero-order valence-corrected chi connectivity index (χ0v) is 13.1. The molecular weight excluding hydrogens is 286 g/mol. The van der Waals surface area contributed by atoms with Crippen LogP contribution >= 0.6 is 11.3 Å². The fourth-order valence-corrected chi connectivity index (χ4v) is 2.71. The van der Waals surface area contributed by atoms with E-state index in [1.165, 1.54) is 5.56 Å². The minimum Gasteiger partial charge on any atom is -0.466 e. The average molecular weight is 305 g/mol. The van der Waals surface area contributed by atoms with Crippen molar-refractivity contribution in [2.45, 2.75) is 26.3 Å². The van der Waals surface area contributed by atoms with E-state index in [1.54, 1.807) is 23.7 Å². The predicted octanol–water partition coefficient (Wildman–Crippen LogP) is 2.67.